The molecule has 0 unspecified atom stereocenters. The van der Waals surface area contributed by atoms with Gasteiger partial charge in [-0.15, -0.1) is 0 Å². The van der Waals surface area contributed by atoms with Crippen molar-refractivity contribution in [1.82, 2.24) is 0 Å². The van der Waals surface area contributed by atoms with Gasteiger partial charge >= 0.3 is 5.97 Å². The summed E-state index contributed by atoms with van der Waals surface area (Å²) in [6.45, 7) is 1.91. The number of rotatable bonds is 1. The molecule has 0 amide bonds. The minimum atomic E-state index is -0.384. The second kappa shape index (κ2) is 5.17. The Balaban J connectivity index is 2.25. The van der Waals surface area contributed by atoms with E-state index in [1.54, 1.807) is 6.07 Å². The zero-order chi connectivity index (χ0) is 15.0. The average molecular weight is 280 g/mol. The van der Waals surface area contributed by atoms with Crippen LogP contribution in [0.4, 0.5) is 0 Å². The molecule has 3 nitrogen and oxygen atoms in total. The Hall–Kier alpha value is -2.42. The van der Waals surface area contributed by atoms with Crippen LogP contribution in [0.25, 0.3) is 0 Å². The molecule has 1 aliphatic rings. The van der Waals surface area contributed by atoms with Gasteiger partial charge in [0.2, 0.25) is 0 Å². The van der Waals surface area contributed by atoms with E-state index in [9.17, 15) is 9.59 Å². The first-order valence-corrected chi connectivity index (χ1v) is 6.97. The minimum Gasteiger partial charge on any atom is -0.465 e. The van der Waals surface area contributed by atoms with E-state index in [1.807, 2.05) is 37.3 Å². The van der Waals surface area contributed by atoms with Crippen LogP contribution >= 0.6 is 0 Å². The molecule has 0 saturated carbocycles. The summed E-state index contributed by atoms with van der Waals surface area (Å²) in [4.78, 5) is 24.8. The molecule has 0 N–H and O–H groups in total. The zero-order valence-electron chi connectivity index (χ0n) is 12.1. The smallest absolute Gasteiger partial charge is 0.338 e. The number of ketones is 1. The number of esters is 1. The van der Waals surface area contributed by atoms with Gasteiger partial charge in [0.25, 0.3) is 0 Å². The van der Waals surface area contributed by atoms with Crippen molar-refractivity contribution in [3.8, 4) is 0 Å². The molecule has 0 atom stereocenters. The minimum absolute atomic E-state index is 0.00125. The molecule has 0 bridgehead atoms. The first-order valence-electron chi connectivity index (χ1n) is 6.97. The van der Waals surface area contributed by atoms with Crippen molar-refractivity contribution in [2.24, 2.45) is 0 Å². The van der Waals surface area contributed by atoms with E-state index >= 15 is 0 Å². The van der Waals surface area contributed by atoms with Gasteiger partial charge < -0.3 is 4.74 Å². The Kier molecular flexibility index (Phi) is 3.34. The average Bonchev–Trinajstić information content (AvgIpc) is 2.66. The number of methoxy groups -OCH3 is 1. The Bertz CT molecular complexity index is 744. The quantitative estimate of drug-likeness (QED) is 0.754. The third kappa shape index (κ3) is 2.15. The third-order valence-electron chi connectivity index (χ3n) is 4.06. The number of aryl methyl sites for hydroxylation is 2. The van der Waals surface area contributed by atoms with Crippen molar-refractivity contribution in [2.75, 3.05) is 7.11 Å². The summed E-state index contributed by atoms with van der Waals surface area (Å²) in [5.74, 6) is -0.383. The number of ether oxygens (including phenoxy) is 1. The third-order valence-corrected chi connectivity index (χ3v) is 4.06. The molecular weight excluding hydrogens is 264 g/mol. The Morgan fingerprint density at radius 3 is 2.62 bits per heavy atom. The maximum absolute atomic E-state index is 12.9. The highest BCUT2D eigenvalue weighted by atomic mass is 16.5. The van der Waals surface area contributed by atoms with E-state index in [4.69, 9.17) is 4.74 Å². The summed E-state index contributed by atoms with van der Waals surface area (Å²) < 4.78 is 4.85. The Morgan fingerprint density at radius 1 is 1.10 bits per heavy atom. The number of hydrogen-bond donors (Lipinski definition) is 0. The normalized spacial score (nSPS) is 13.1. The van der Waals surface area contributed by atoms with Gasteiger partial charge in [-0.1, -0.05) is 30.3 Å². The maximum Gasteiger partial charge on any atom is 0.338 e. The summed E-state index contributed by atoms with van der Waals surface area (Å²) in [6, 6.07) is 11.2. The van der Waals surface area contributed by atoms with Crippen LogP contribution in [-0.2, 0) is 17.6 Å². The Labute approximate surface area is 123 Å². The topological polar surface area (TPSA) is 43.4 Å². The lowest BCUT2D eigenvalue weighted by molar-refractivity contribution is 0.0599. The lowest BCUT2D eigenvalue weighted by Crippen LogP contribution is -2.12. The van der Waals surface area contributed by atoms with Crippen molar-refractivity contribution in [1.29, 1.82) is 0 Å². The van der Waals surface area contributed by atoms with E-state index in [0.29, 0.717) is 17.5 Å². The van der Waals surface area contributed by atoms with Gasteiger partial charge in [-0.05, 0) is 42.5 Å². The van der Waals surface area contributed by atoms with E-state index in [-0.39, 0.29) is 11.8 Å². The fourth-order valence-corrected chi connectivity index (χ4v) is 3.00. The van der Waals surface area contributed by atoms with Gasteiger partial charge in [0, 0.05) is 11.1 Å². The molecule has 0 aliphatic heterocycles. The summed E-state index contributed by atoms with van der Waals surface area (Å²) >= 11 is 0. The molecule has 0 spiro atoms. The number of hydrogen-bond acceptors (Lipinski definition) is 3. The summed E-state index contributed by atoms with van der Waals surface area (Å²) in [6.07, 6.45) is 1.42. The summed E-state index contributed by atoms with van der Waals surface area (Å²) in [5.41, 5.74) is 4.64. The van der Waals surface area contributed by atoms with Crippen LogP contribution in [0.3, 0.4) is 0 Å². The van der Waals surface area contributed by atoms with E-state index in [0.717, 1.165) is 28.7 Å². The van der Waals surface area contributed by atoms with Crippen molar-refractivity contribution < 1.29 is 14.3 Å². The monoisotopic (exact) mass is 280 g/mol. The van der Waals surface area contributed by atoms with Gasteiger partial charge in [0.1, 0.15) is 0 Å². The van der Waals surface area contributed by atoms with Crippen molar-refractivity contribution in [3.63, 3.8) is 0 Å². The highest BCUT2D eigenvalue weighted by Gasteiger charge is 2.26. The molecule has 106 valence electrons. The van der Waals surface area contributed by atoms with Crippen LogP contribution in [0.1, 0.15) is 43.0 Å². The molecule has 1 aliphatic carbocycles. The first kappa shape index (κ1) is 13.6. The predicted molar refractivity (Wildman–Crippen MR) is 79.8 cm³/mol. The van der Waals surface area contributed by atoms with E-state index in [2.05, 4.69) is 0 Å². The lowest BCUT2D eigenvalue weighted by atomic mass is 9.91. The van der Waals surface area contributed by atoms with Gasteiger partial charge in [-0.3, -0.25) is 4.79 Å². The standard InChI is InChI=1S/C18H16O3/c1-11-7-9-15(18(20)21-2)14-10-8-12-5-3-4-6-13(12)17(19)16(11)14/h3-7,9H,8,10H2,1-2H3. The van der Waals surface area contributed by atoms with Crippen molar-refractivity contribution in [2.45, 2.75) is 19.8 Å². The molecule has 0 fully saturated rings. The van der Waals surface area contributed by atoms with E-state index in [1.165, 1.54) is 7.11 Å². The highest BCUT2D eigenvalue weighted by molar-refractivity contribution is 6.13. The molecule has 2 aromatic carbocycles. The van der Waals surface area contributed by atoms with Crippen LogP contribution in [0, 0.1) is 6.92 Å². The molecule has 2 aromatic rings. The van der Waals surface area contributed by atoms with Gasteiger partial charge in [0.05, 0.1) is 12.7 Å². The molecule has 0 saturated heterocycles. The molecule has 21 heavy (non-hydrogen) atoms. The maximum atomic E-state index is 12.9. The predicted octanol–water partition coefficient (Wildman–Crippen LogP) is 3.11. The van der Waals surface area contributed by atoms with Crippen molar-refractivity contribution >= 4 is 11.8 Å². The molecule has 3 heteroatoms. The zero-order valence-corrected chi connectivity index (χ0v) is 12.1. The fraction of sp³-hybridized carbons (Fsp3) is 0.222. The fourth-order valence-electron chi connectivity index (χ4n) is 3.00. The lowest BCUT2D eigenvalue weighted by Gasteiger charge is -2.12. The number of carbonyl (C=O) groups is 2. The molecule has 3 rings (SSSR count). The van der Waals surface area contributed by atoms with Crippen LogP contribution in [0.5, 0.6) is 0 Å². The van der Waals surface area contributed by atoms with Crippen LogP contribution < -0.4 is 0 Å². The molecule has 0 radical (unpaired) electrons. The second-order valence-corrected chi connectivity index (χ2v) is 5.26. The molecule has 0 heterocycles. The van der Waals surface area contributed by atoms with Gasteiger partial charge in [-0.2, -0.15) is 0 Å². The summed E-state index contributed by atoms with van der Waals surface area (Å²) in [7, 11) is 1.36. The van der Waals surface area contributed by atoms with Crippen LogP contribution in [0.15, 0.2) is 36.4 Å². The molecular formula is C18H16O3. The Morgan fingerprint density at radius 2 is 1.86 bits per heavy atom. The van der Waals surface area contributed by atoms with E-state index < -0.39 is 0 Å². The first-order chi connectivity index (χ1) is 10.1. The largest absolute Gasteiger partial charge is 0.465 e. The number of carbonyl (C=O) groups excluding carboxylic acids is 2. The summed E-state index contributed by atoms with van der Waals surface area (Å²) in [5, 5.41) is 0. The van der Waals surface area contributed by atoms with Crippen LogP contribution in [-0.4, -0.2) is 18.9 Å². The second-order valence-electron chi connectivity index (χ2n) is 5.26. The van der Waals surface area contributed by atoms with Crippen molar-refractivity contribution in [3.05, 3.63) is 69.8 Å². The van der Waals surface area contributed by atoms with Crippen LogP contribution in [0.2, 0.25) is 0 Å². The number of benzene rings is 2. The highest BCUT2D eigenvalue weighted by Crippen LogP contribution is 2.29. The SMILES string of the molecule is COC(=O)c1ccc(C)c2c1CCc1ccccc1C2=O. The molecule has 0 aromatic heterocycles. The van der Waals surface area contributed by atoms with Gasteiger partial charge in [0.15, 0.2) is 5.78 Å². The van der Waals surface area contributed by atoms with Gasteiger partial charge in [-0.25, -0.2) is 4.79 Å². The number of fused-ring (bicyclic) bond motifs is 2.